The summed E-state index contributed by atoms with van der Waals surface area (Å²) in [6.07, 6.45) is 3.20. The van der Waals surface area contributed by atoms with Gasteiger partial charge in [0.05, 0.1) is 10.7 Å². The Bertz CT molecular complexity index is 531. The molecule has 4 N–H and O–H groups in total. The van der Waals surface area contributed by atoms with E-state index in [1.165, 1.54) is 0 Å². The van der Waals surface area contributed by atoms with Gasteiger partial charge in [0.2, 0.25) is 0 Å². The number of benzene rings is 1. The molecule has 0 amide bonds. The first-order valence-corrected chi connectivity index (χ1v) is 5.45. The molecule has 0 fully saturated rings. The Morgan fingerprint density at radius 2 is 2.18 bits per heavy atom. The zero-order valence-electron chi connectivity index (χ0n) is 9.02. The molecule has 2 rings (SSSR count). The molecule has 5 heteroatoms. The molecule has 0 saturated carbocycles. The van der Waals surface area contributed by atoms with Crippen LogP contribution in [-0.2, 0) is 6.54 Å². The van der Waals surface area contributed by atoms with Gasteiger partial charge < -0.3 is 16.2 Å². The van der Waals surface area contributed by atoms with Gasteiger partial charge in [0, 0.05) is 30.2 Å². The number of rotatable bonds is 3. The van der Waals surface area contributed by atoms with Crippen molar-refractivity contribution < 1.29 is 5.11 Å². The molecule has 0 spiro atoms. The van der Waals surface area contributed by atoms with E-state index in [2.05, 4.69) is 10.3 Å². The predicted octanol–water partition coefficient (Wildman–Crippen LogP) is 2.63. The van der Waals surface area contributed by atoms with E-state index in [0.29, 0.717) is 17.3 Å². The second-order valence-corrected chi connectivity index (χ2v) is 4.00. The third-order valence-electron chi connectivity index (χ3n) is 2.35. The Hall–Kier alpha value is -1.94. The molecule has 0 aliphatic rings. The topological polar surface area (TPSA) is 71.2 Å². The Balaban J connectivity index is 2.12. The second kappa shape index (κ2) is 4.93. The Kier molecular flexibility index (Phi) is 3.35. The molecule has 0 radical (unpaired) electrons. The van der Waals surface area contributed by atoms with Gasteiger partial charge >= 0.3 is 0 Å². The summed E-state index contributed by atoms with van der Waals surface area (Å²) in [6.45, 7) is 0.445. The number of nitrogens with two attached hydrogens (primary N) is 1. The molecular formula is C12H12ClN3O. The van der Waals surface area contributed by atoms with Gasteiger partial charge in [0.25, 0.3) is 0 Å². The number of phenols is 1. The van der Waals surface area contributed by atoms with Crippen LogP contribution in [0.2, 0.25) is 5.02 Å². The summed E-state index contributed by atoms with van der Waals surface area (Å²) in [6, 6.07) is 6.71. The molecule has 88 valence electrons. The summed E-state index contributed by atoms with van der Waals surface area (Å²) >= 11 is 5.95. The number of nitrogens with zero attached hydrogens (tertiary/aromatic N) is 1. The summed E-state index contributed by atoms with van der Waals surface area (Å²) in [5.41, 5.74) is 7.75. The van der Waals surface area contributed by atoms with Crippen molar-refractivity contribution >= 4 is 23.0 Å². The predicted molar refractivity (Wildman–Crippen MR) is 69.1 cm³/mol. The van der Waals surface area contributed by atoms with Crippen LogP contribution in [0.25, 0.3) is 0 Å². The maximum atomic E-state index is 9.64. The normalized spacial score (nSPS) is 10.2. The molecule has 0 aliphatic heterocycles. The molecule has 0 bridgehead atoms. The average molecular weight is 250 g/mol. The highest BCUT2D eigenvalue weighted by atomic mass is 35.5. The number of hydrogen-bond donors (Lipinski definition) is 3. The lowest BCUT2D eigenvalue weighted by Crippen LogP contribution is -2.01. The number of anilines is 2. The average Bonchev–Trinajstić information content (AvgIpc) is 2.32. The van der Waals surface area contributed by atoms with E-state index in [-0.39, 0.29) is 5.75 Å². The van der Waals surface area contributed by atoms with Gasteiger partial charge in [-0.05, 0) is 24.3 Å². The number of phenolic OH excluding ortho intramolecular Hbond substituents is 1. The quantitative estimate of drug-likeness (QED) is 0.578. The number of aromatic nitrogens is 1. The lowest BCUT2D eigenvalue weighted by Gasteiger charge is -2.09. The van der Waals surface area contributed by atoms with Crippen LogP contribution in [0, 0.1) is 0 Å². The van der Waals surface area contributed by atoms with Crippen LogP contribution in [0.15, 0.2) is 36.7 Å². The van der Waals surface area contributed by atoms with Crippen LogP contribution in [0.5, 0.6) is 5.75 Å². The first kappa shape index (κ1) is 11.5. The van der Waals surface area contributed by atoms with Crippen molar-refractivity contribution in [2.75, 3.05) is 11.1 Å². The minimum Gasteiger partial charge on any atom is -0.508 e. The number of aromatic hydroxyl groups is 1. The lowest BCUT2D eigenvalue weighted by atomic mass is 10.1. The van der Waals surface area contributed by atoms with Crippen molar-refractivity contribution in [1.82, 2.24) is 4.98 Å². The Morgan fingerprint density at radius 1 is 1.35 bits per heavy atom. The Labute approximate surface area is 104 Å². The third-order valence-corrected chi connectivity index (χ3v) is 2.65. The van der Waals surface area contributed by atoms with Crippen LogP contribution in [0.4, 0.5) is 11.4 Å². The monoisotopic (exact) mass is 249 g/mol. The zero-order chi connectivity index (χ0) is 12.3. The van der Waals surface area contributed by atoms with E-state index in [1.807, 2.05) is 0 Å². The van der Waals surface area contributed by atoms with Crippen molar-refractivity contribution in [3.05, 3.63) is 47.2 Å². The maximum absolute atomic E-state index is 9.64. The number of nitrogens with one attached hydrogen (secondary N) is 1. The molecular weight excluding hydrogens is 238 g/mol. The van der Waals surface area contributed by atoms with Gasteiger partial charge in [-0.15, -0.1) is 0 Å². The number of hydrogen-bond acceptors (Lipinski definition) is 4. The minimum absolute atomic E-state index is 0.205. The van der Waals surface area contributed by atoms with E-state index in [4.69, 9.17) is 17.3 Å². The fourth-order valence-corrected chi connectivity index (χ4v) is 1.64. The molecule has 1 heterocycles. The zero-order valence-corrected chi connectivity index (χ0v) is 9.78. The first-order chi connectivity index (χ1) is 8.16. The molecule has 17 heavy (non-hydrogen) atoms. The van der Waals surface area contributed by atoms with E-state index in [9.17, 15) is 5.11 Å². The highest BCUT2D eigenvalue weighted by Gasteiger charge is 2.03. The molecule has 1 aromatic carbocycles. The van der Waals surface area contributed by atoms with Crippen molar-refractivity contribution in [2.45, 2.75) is 6.54 Å². The highest BCUT2D eigenvalue weighted by Crippen LogP contribution is 2.23. The van der Waals surface area contributed by atoms with E-state index >= 15 is 0 Å². The van der Waals surface area contributed by atoms with Gasteiger partial charge in [-0.2, -0.15) is 0 Å². The number of pyridine rings is 1. The van der Waals surface area contributed by atoms with Crippen LogP contribution in [0.1, 0.15) is 5.56 Å². The standard InChI is InChI=1S/C12H12ClN3O/c13-10-7-15-4-3-11(10)16-6-8-5-9(14)1-2-12(8)17/h1-5,7,17H,6,14H2,(H,15,16). The summed E-state index contributed by atoms with van der Waals surface area (Å²) in [5, 5.41) is 13.3. The molecule has 4 nitrogen and oxygen atoms in total. The van der Waals surface area contributed by atoms with Crippen LogP contribution < -0.4 is 11.1 Å². The Morgan fingerprint density at radius 3 is 2.94 bits per heavy atom. The van der Waals surface area contributed by atoms with Gasteiger partial charge in [-0.25, -0.2) is 0 Å². The van der Waals surface area contributed by atoms with Crippen molar-refractivity contribution in [2.24, 2.45) is 0 Å². The SMILES string of the molecule is Nc1ccc(O)c(CNc2ccncc2Cl)c1. The van der Waals surface area contributed by atoms with Crippen LogP contribution in [-0.4, -0.2) is 10.1 Å². The maximum Gasteiger partial charge on any atom is 0.120 e. The second-order valence-electron chi connectivity index (χ2n) is 3.60. The summed E-state index contributed by atoms with van der Waals surface area (Å²) in [7, 11) is 0. The molecule has 0 aliphatic carbocycles. The molecule has 0 atom stereocenters. The van der Waals surface area contributed by atoms with Crippen molar-refractivity contribution in [1.29, 1.82) is 0 Å². The van der Waals surface area contributed by atoms with Gasteiger partial charge in [0.1, 0.15) is 5.75 Å². The number of halogens is 1. The van der Waals surface area contributed by atoms with Crippen LogP contribution >= 0.6 is 11.6 Å². The van der Waals surface area contributed by atoms with Gasteiger partial charge in [-0.3, -0.25) is 4.98 Å². The third kappa shape index (κ3) is 2.79. The van der Waals surface area contributed by atoms with Gasteiger partial charge in [-0.1, -0.05) is 11.6 Å². The molecule has 2 aromatic rings. The lowest BCUT2D eigenvalue weighted by molar-refractivity contribution is 0.469. The summed E-state index contributed by atoms with van der Waals surface area (Å²) < 4.78 is 0. The molecule has 0 unspecified atom stereocenters. The fraction of sp³-hybridized carbons (Fsp3) is 0.0833. The van der Waals surface area contributed by atoms with Crippen molar-refractivity contribution in [3.63, 3.8) is 0 Å². The fourth-order valence-electron chi connectivity index (χ4n) is 1.46. The summed E-state index contributed by atoms with van der Waals surface area (Å²) in [4.78, 5) is 3.89. The van der Waals surface area contributed by atoms with Crippen LogP contribution in [0.3, 0.4) is 0 Å². The van der Waals surface area contributed by atoms with E-state index in [1.54, 1.807) is 36.7 Å². The van der Waals surface area contributed by atoms with E-state index < -0.39 is 0 Å². The molecule has 0 saturated heterocycles. The highest BCUT2D eigenvalue weighted by molar-refractivity contribution is 6.33. The first-order valence-electron chi connectivity index (χ1n) is 5.07. The van der Waals surface area contributed by atoms with E-state index in [0.717, 1.165) is 11.3 Å². The minimum atomic E-state index is 0.205. The number of nitrogen functional groups attached to an aromatic ring is 1. The smallest absolute Gasteiger partial charge is 0.120 e. The summed E-state index contributed by atoms with van der Waals surface area (Å²) in [5.74, 6) is 0.205. The van der Waals surface area contributed by atoms with Crippen molar-refractivity contribution in [3.8, 4) is 5.75 Å². The molecule has 1 aromatic heterocycles. The van der Waals surface area contributed by atoms with Gasteiger partial charge in [0.15, 0.2) is 0 Å². The largest absolute Gasteiger partial charge is 0.508 e.